The number of ether oxygens (including phenoxy) is 1. The van der Waals surface area contributed by atoms with Crippen LogP contribution in [0.15, 0.2) is 24.5 Å². The topological polar surface area (TPSA) is 132 Å². The Morgan fingerprint density at radius 2 is 1.47 bits per heavy atom. The molecule has 1 aromatic rings. The maximum atomic E-state index is 12.6. The number of pyridine rings is 1. The van der Waals surface area contributed by atoms with Gasteiger partial charge in [-0.1, -0.05) is 0 Å². The van der Waals surface area contributed by atoms with Gasteiger partial charge in [0.15, 0.2) is 0 Å². The van der Waals surface area contributed by atoms with Crippen molar-refractivity contribution in [3.63, 3.8) is 0 Å². The number of aromatic nitrogens is 1. The van der Waals surface area contributed by atoms with Gasteiger partial charge >= 0.3 is 30.3 Å². The van der Waals surface area contributed by atoms with E-state index in [0.29, 0.717) is 6.04 Å². The zero-order valence-electron chi connectivity index (χ0n) is 20.6. The molecule has 16 heteroatoms. The number of hydrogen-bond donors (Lipinski definition) is 3. The first-order valence-corrected chi connectivity index (χ1v) is 11.4. The number of aliphatic carboxylic acids is 2. The highest BCUT2D eigenvalue weighted by Gasteiger charge is 2.41. The van der Waals surface area contributed by atoms with Crippen LogP contribution in [0.5, 0.6) is 0 Å². The fraction of sp³-hybridized carbons (Fsp3) is 0.636. The molecule has 2 saturated heterocycles. The number of carboxylic acids is 2. The van der Waals surface area contributed by atoms with Crippen LogP contribution in [0.1, 0.15) is 25.8 Å². The molecular formula is C22H30F6N4O6. The highest BCUT2D eigenvalue weighted by molar-refractivity contribution is 5.75. The summed E-state index contributed by atoms with van der Waals surface area (Å²) in [6.07, 6.45) is -4.61. The van der Waals surface area contributed by atoms with Gasteiger partial charge in [-0.2, -0.15) is 26.3 Å². The summed E-state index contributed by atoms with van der Waals surface area (Å²) in [4.78, 5) is 39.1. The van der Waals surface area contributed by atoms with Crippen molar-refractivity contribution in [3.05, 3.63) is 30.1 Å². The Morgan fingerprint density at radius 1 is 1.00 bits per heavy atom. The Hall–Kier alpha value is -3.14. The molecule has 1 aromatic heterocycles. The van der Waals surface area contributed by atoms with Gasteiger partial charge in [-0.3, -0.25) is 9.88 Å². The average Bonchev–Trinajstić information content (AvgIpc) is 3.23. The fourth-order valence-corrected chi connectivity index (χ4v) is 3.76. The summed E-state index contributed by atoms with van der Waals surface area (Å²) in [6.45, 7) is 8.31. The molecule has 0 radical (unpaired) electrons. The number of urea groups is 1. The number of morpholine rings is 1. The summed E-state index contributed by atoms with van der Waals surface area (Å²) in [5.41, 5.74) is 1.23. The minimum Gasteiger partial charge on any atom is -0.475 e. The molecule has 0 aromatic carbocycles. The average molecular weight is 560 g/mol. The van der Waals surface area contributed by atoms with Gasteiger partial charge in [0.05, 0.1) is 19.3 Å². The summed E-state index contributed by atoms with van der Waals surface area (Å²) in [5.74, 6) is -5.51. The third-order valence-corrected chi connectivity index (χ3v) is 5.38. The standard InChI is InChI=1S/C18H28N4O2.2C2HF3O2/c1-14(2)20-18(23)22-8-5-16(21-9-11-24-12-10-21)17(22)13-15-3-6-19-7-4-15;2*3-2(4,5)1(6)7/h3-4,6-7,14,16-17H,5,8-13H2,1-2H3,(H,20,23);2*(H,6,7)/t16-,17+;;/m1../s1. The first-order valence-electron chi connectivity index (χ1n) is 11.4. The molecule has 216 valence electrons. The van der Waals surface area contributed by atoms with Crippen molar-refractivity contribution in [2.24, 2.45) is 0 Å². The minimum atomic E-state index is -5.08. The van der Waals surface area contributed by atoms with E-state index >= 15 is 0 Å². The molecule has 38 heavy (non-hydrogen) atoms. The van der Waals surface area contributed by atoms with E-state index in [4.69, 9.17) is 24.5 Å². The first kappa shape index (κ1) is 32.9. The number of carboxylic acid groups (broad SMARTS) is 2. The van der Waals surface area contributed by atoms with Crippen LogP contribution >= 0.6 is 0 Å². The van der Waals surface area contributed by atoms with Crippen molar-refractivity contribution in [3.8, 4) is 0 Å². The van der Waals surface area contributed by atoms with Crippen molar-refractivity contribution in [1.82, 2.24) is 20.1 Å². The number of amides is 2. The molecule has 2 aliphatic rings. The summed E-state index contributed by atoms with van der Waals surface area (Å²) < 4.78 is 69.0. The van der Waals surface area contributed by atoms with Gasteiger partial charge in [0, 0.05) is 44.1 Å². The van der Waals surface area contributed by atoms with Crippen molar-refractivity contribution in [1.29, 1.82) is 0 Å². The Bertz CT molecular complexity index is 871. The van der Waals surface area contributed by atoms with Gasteiger partial charge < -0.3 is 25.2 Å². The molecule has 2 aliphatic heterocycles. The highest BCUT2D eigenvalue weighted by Crippen LogP contribution is 2.27. The summed E-state index contributed by atoms with van der Waals surface area (Å²) in [7, 11) is 0. The molecule has 0 saturated carbocycles. The normalized spacial score (nSPS) is 20.1. The fourth-order valence-electron chi connectivity index (χ4n) is 3.76. The Labute approximate surface area is 214 Å². The van der Waals surface area contributed by atoms with Crippen LogP contribution in [0.3, 0.4) is 0 Å². The molecule has 0 bridgehead atoms. The van der Waals surface area contributed by atoms with Crippen LogP contribution < -0.4 is 5.32 Å². The van der Waals surface area contributed by atoms with E-state index in [1.807, 2.05) is 43.3 Å². The van der Waals surface area contributed by atoms with Crippen molar-refractivity contribution < 1.29 is 55.7 Å². The highest BCUT2D eigenvalue weighted by atomic mass is 19.4. The van der Waals surface area contributed by atoms with Crippen LogP contribution in [-0.2, 0) is 20.7 Å². The predicted molar refractivity (Wildman–Crippen MR) is 120 cm³/mol. The second-order valence-electron chi connectivity index (χ2n) is 8.53. The smallest absolute Gasteiger partial charge is 0.475 e. The molecule has 0 aliphatic carbocycles. The van der Waals surface area contributed by atoms with Gasteiger partial charge in [-0.05, 0) is 44.4 Å². The second kappa shape index (κ2) is 14.7. The molecule has 2 atom stereocenters. The summed E-state index contributed by atoms with van der Waals surface area (Å²) >= 11 is 0. The zero-order valence-corrected chi connectivity index (χ0v) is 20.6. The maximum Gasteiger partial charge on any atom is 0.490 e. The molecular weight excluding hydrogens is 530 g/mol. The molecule has 3 rings (SSSR count). The van der Waals surface area contributed by atoms with E-state index in [1.165, 1.54) is 5.56 Å². The van der Waals surface area contributed by atoms with E-state index in [1.54, 1.807) is 0 Å². The zero-order chi connectivity index (χ0) is 29.1. The molecule has 2 amide bonds. The van der Waals surface area contributed by atoms with E-state index in [-0.39, 0.29) is 18.1 Å². The van der Waals surface area contributed by atoms with Gasteiger partial charge in [0.1, 0.15) is 0 Å². The van der Waals surface area contributed by atoms with E-state index in [0.717, 1.165) is 45.7 Å². The number of carbonyl (C=O) groups excluding carboxylic acids is 1. The monoisotopic (exact) mass is 560 g/mol. The van der Waals surface area contributed by atoms with Gasteiger partial charge in [0.25, 0.3) is 0 Å². The van der Waals surface area contributed by atoms with E-state index in [9.17, 15) is 31.1 Å². The maximum absolute atomic E-state index is 12.6. The molecule has 0 unspecified atom stereocenters. The van der Waals surface area contributed by atoms with E-state index in [2.05, 4.69) is 15.2 Å². The van der Waals surface area contributed by atoms with Gasteiger partial charge in [-0.25, -0.2) is 14.4 Å². The number of alkyl halides is 6. The quantitative estimate of drug-likeness (QED) is 0.479. The lowest BCUT2D eigenvalue weighted by Crippen LogP contribution is -2.53. The van der Waals surface area contributed by atoms with E-state index < -0.39 is 24.3 Å². The molecule has 0 spiro atoms. The molecule has 2 fully saturated rings. The third-order valence-electron chi connectivity index (χ3n) is 5.38. The number of nitrogens with one attached hydrogen (secondary N) is 1. The van der Waals surface area contributed by atoms with Crippen LogP contribution in [0.2, 0.25) is 0 Å². The molecule has 3 N–H and O–H groups in total. The number of likely N-dealkylation sites (tertiary alicyclic amines) is 1. The summed E-state index contributed by atoms with van der Waals surface area (Å²) in [5, 5.41) is 17.3. The number of hydrogen-bond acceptors (Lipinski definition) is 6. The second-order valence-corrected chi connectivity index (χ2v) is 8.53. The first-order chi connectivity index (χ1) is 17.5. The van der Waals surface area contributed by atoms with Crippen LogP contribution in [0, 0.1) is 0 Å². The Balaban J connectivity index is 0.000000426. The lowest BCUT2D eigenvalue weighted by Gasteiger charge is -2.37. The Morgan fingerprint density at radius 3 is 1.89 bits per heavy atom. The SMILES string of the molecule is CC(C)NC(=O)N1CC[C@@H](N2CCOCC2)[C@@H]1Cc1ccncc1.O=C(O)C(F)(F)F.O=C(O)C(F)(F)F. The van der Waals surface area contributed by atoms with Crippen LogP contribution in [0.25, 0.3) is 0 Å². The minimum absolute atomic E-state index is 0.0554. The number of halogens is 6. The lowest BCUT2D eigenvalue weighted by atomic mass is 9.99. The lowest BCUT2D eigenvalue weighted by molar-refractivity contribution is -0.193. The van der Waals surface area contributed by atoms with Gasteiger partial charge in [-0.15, -0.1) is 0 Å². The number of rotatable bonds is 4. The largest absolute Gasteiger partial charge is 0.490 e. The van der Waals surface area contributed by atoms with Crippen molar-refractivity contribution in [2.45, 2.75) is 57.2 Å². The van der Waals surface area contributed by atoms with Crippen molar-refractivity contribution in [2.75, 3.05) is 32.8 Å². The molecule has 3 heterocycles. The summed E-state index contributed by atoms with van der Waals surface area (Å²) in [6, 6.07) is 4.91. The van der Waals surface area contributed by atoms with Gasteiger partial charge in [0.2, 0.25) is 0 Å². The number of nitrogens with zero attached hydrogens (tertiary/aromatic N) is 3. The van der Waals surface area contributed by atoms with Crippen LogP contribution in [0.4, 0.5) is 31.1 Å². The van der Waals surface area contributed by atoms with Crippen LogP contribution in [-0.4, -0.2) is 106 Å². The van der Waals surface area contributed by atoms with Crippen molar-refractivity contribution >= 4 is 18.0 Å². The number of carbonyl (C=O) groups is 3. The third kappa shape index (κ3) is 11.5. The Kier molecular flexibility index (Phi) is 12.7. The molecule has 10 nitrogen and oxygen atoms in total. The predicted octanol–water partition coefficient (Wildman–Crippen LogP) is 2.78.